The monoisotopic (exact) mass is 686 g/mol. The van der Waals surface area contributed by atoms with E-state index in [1.807, 2.05) is 0 Å². The maximum Gasteiger partial charge on any atom is 0.473 e. The lowest BCUT2D eigenvalue weighted by molar-refractivity contribution is -0.0312. The summed E-state index contributed by atoms with van der Waals surface area (Å²) >= 11 is 0. The summed E-state index contributed by atoms with van der Waals surface area (Å²) in [5, 5.41) is 28.0. The molecule has 3 aliphatic heterocycles. The van der Waals surface area contributed by atoms with Gasteiger partial charge in [0.15, 0.2) is 40.4 Å². The van der Waals surface area contributed by atoms with Crippen molar-refractivity contribution in [3.05, 3.63) is 61.3 Å². The first-order valence-corrected chi connectivity index (χ1v) is 15.5. The number of aliphatic hydroxyl groups excluding tert-OH is 2. The van der Waals surface area contributed by atoms with E-state index < -0.39 is 73.4 Å². The highest BCUT2D eigenvalue weighted by molar-refractivity contribution is 7.47. The van der Waals surface area contributed by atoms with E-state index in [0.29, 0.717) is 0 Å². The number of nitrogens with one attached hydrogen (secondary N) is 3. The van der Waals surface area contributed by atoms with Crippen molar-refractivity contribution in [1.29, 1.82) is 0 Å². The molecule has 250 valence electrons. The zero-order valence-electron chi connectivity index (χ0n) is 24.0. The summed E-state index contributed by atoms with van der Waals surface area (Å²) in [7, 11) is -5.07. The number of nitrogens with two attached hydrogens (primary N) is 2. The summed E-state index contributed by atoms with van der Waals surface area (Å²) in [6.07, 6.45) is -3.45. The van der Waals surface area contributed by atoms with Crippen LogP contribution in [0.5, 0.6) is 0 Å². The van der Waals surface area contributed by atoms with Crippen LogP contribution < -0.4 is 38.5 Å². The SMILES string of the molecule is Nc1nc2c(ncn2[C@@H]2OC3=C(O)C2Nc2c(c(=O)c2=O)NC[C@H]2O[C@@H](n4cnc5c(N)ncnc54)C(O)C2OP(=O)(O)OC3)c(=O)[nH]1. The van der Waals surface area contributed by atoms with Crippen molar-refractivity contribution < 1.29 is 38.2 Å². The molecule has 24 heteroatoms. The minimum absolute atomic E-state index is 0.0581. The molecule has 23 nitrogen and oxygen atoms in total. The third-order valence-electron chi connectivity index (χ3n) is 8.13. The largest absolute Gasteiger partial charge is 0.506 e. The average molecular weight is 686 g/mol. The molecule has 1 fully saturated rings. The van der Waals surface area contributed by atoms with E-state index in [-0.39, 0.29) is 57.8 Å². The van der Waals surface area contributed by atoms with Crippen molar-refractivity contribution in [2.24, 2.45) is 0 Å². The summed E-state index contributed by atoms with van der Waals surface area (Å²) in [4.78, 5) is 71.1. The zero-order valence-corrected chi connectivity index (χ0v) is 24.8. The van der Waals surface area contributed by atoms with Crippen molar-refractivity contribution in [2.45, 2.75) is 36.8 Å². The number of aromatic nitrogens is 8. The number of anilines is 4. The Labute approximate surface area is 264 Å². The van der Waals surface area contributed by atoms with Gasteiger partial charge in [0.05, 0.1) is 6.33 Å². The molecule has 7 heterocycles. The predicted octanol–water partition coefficient (Wildman–Crippen LogP) is -2.31. The van der Waals surface area contributed by atoms with Gasteiger partial charge in [-0.25, -0.2) is 24.5 Å². The van der Waals surface area contributed by atoms with E-state index in [9.17, 15) is 34.1 Å². The molecular weight excluding hydrogens is 663 g/mol. The molecule has 0 spiro atoms. The van der Waals surface area contributed by atoms with Gasteiger partial charge in [-0.1, -0.05) is 0 Å². The van der Waals surface area contributed by atoms with Crippen LogP contribution >= 0.6 is 7.82 Å². The van der Waals surface area contributed by atoms with Gasteiger partial charge in [-0.15, -0.1) is 0 Å². The van der Waals surface area contributed by atoms with Crippen molar-refractivity contribution in [3.63, 3.8) is 0 Å². The number of aromatic amines is 1. The molecular formula is C24H23N12O11P. The maximum atomic E-state index is 13.2. The standard InChI is InChI=1S/C24H23N12O11P/c25-18-11-19(29-3-28-18)35(4-30-11)23-16(40)17-6(45-23)1-27-8-9(15(39)14(8)38)32-10-13(37)7(2-44-48(42,43)47-17)46-22(10)36-5-31-12-20(36)33-24(26)34-21(12)41/h3-6,10,16-17,22-23,27,32,37,40H,1-2H2,(H,42,43)(H2,25,28,29)(H3,26,33,34,41)/t6-,10?,16?,17?,22-,23-/m1/s1. The second-order valence-electron chi connectivity index (χ2n) is 11.0. The number of hydrogen-bond donors (Lipinski definition) is 8. The van der Waals surface area contributed by atoms with Crippen molar-refractivity contribution >= 4 is 53.3 Å². The smallest absolute Gasteiger partial charge is 0.473 e. The lowest BCUT2D eigenvalue weighted by atomic mass is 10.1. The summed E-state index contributed by atoms with van der Waals surface area (Å²) in [5.74, 6) is -1.17. The minimum Gasteiger partial charge on any atom is -0.506 e. The number of phosphoric ester groups is 1. The van der Waals surface area contributed by atoms with E-state index in [0.717, 1.165) is 0 Å². The zero-order chi connectivity index (χ0) is 33.6. The van der Waals surface area contributed by atoms with Crippen LogP contribution in [-0.4, -0.2) is 91.6 Å². The molecule has 0 saturated carbocycles. The van der Waals surface area contributed by atoms with Crippen molar-refractivity contribution in [2.75, 3.05) is 35.3 Å². The Balaban J connectivity index is 1.16. The molecule has 0 aliphatic carbocycles. The quantitative estimate of drug-likeness (QED) is 0.0713. The fourth-order valence-electron chi connectivity index (χ4n) is 5.86. The molecule has 48 heavy (non-hydrogen) atoms. The average Bonchev–Trinajstić information content (AvgIpc) is 3.80. The second kappa shape index (κ2) is 10.5. The first kappa shape index (κ1) is 29.9. The molecule has 4 unspecified atom stereocenters. The minimum atomic E-state index is -5.07. The summed E-state index contributed by atoms with van der Waals surface area (Å²) in [6.45, 7) is -1.19. The Bertz CT molecular complexity index is 2340. The third-order valence-corrected chi connectivity index (χ3v) is 9.09. The first-order valence-electron chi connectivity index (χ1n) is 14.0. The van der Waals surface area contributed by atoms with E-state index in [1.54, 1.807) is 0 Å². The lowest BCUT2D eigenvalue weighted by Gasteiger charge is -2.25. The first-order chi connectivity index (χ1) is 22.9. The normalized spacial score (nSPS) is 29.3. The van der Waals surface area contributed by atoms with Gasteiger partial charge in [0.2, 0.25) is 12.2 Å². The molecule has 8 rings (SSSR count). The van der Waals surface area contributed by atoms with Gasteiger partial charge >= 0.3 is 7.82 Å². The van der Waals surface area contributed by atoms with Crippen LogP contribution in [0, 0.1) is 0 Å². The van der Waals surface area contributed by atoms with Gasteiger partial charge in [-0.2, -0.15) is 4.98 Å². The van der Waals surface area contributed by atoms with E-state index in [2.05, 4.69) is 40.5 Å². The van der Waals surface area contributed by atoms with Crippen LogP contribution in [0.15, 0.2) is 44.9 Å². The number of imidazole rings is 2. The fourth-order valence-corrected chi connectivity index (χ4v) is 6.77. The van der Waals surface area contributed by atoms with Gasteiger partial charge in [0.25, 0.3) is 16.4 Å². The number of rotatable bonds is 2. The molecule has 3 aliphatic rings. The molecule has 4 aromatic heterocycles. The maximum absolute atomic E-state index is 13.2. The van der Waals surface area contributed by atoms with Gasteiger partial charge < -0.3 is 46.7 Å². The molecule has 0 amide bonds. The van der Waals surface area contributed by atoms with Crippen LogP contribution in [0.4, 0.5) is 23.1 Å². The van der Waals surface area contributed by atoms with Crippen LogP contribution in [-0.2, 0) is 23.1 Å². The molecule has 1 saturated heterocycles. The molecule has 5 aromatic rings. The lowest BCUT2D eigenvalue weighted by Crippen LogP contribution is -2.43. The number of phosphoric acid groups is 1. The highest BCUT2D eigenvalue weighted by Crippen LogP contribution is 2.50. The number of nitrogens with zero attached hydrogens (tertiary/aromatic N) is 7. The van der Waals surface area contributed by atoms with Crippen LogP contribution in [0.2, 0.25) is 0 Å². The number of nitrogen functional groups attached to an aromatic ring is 2. The highest BCUT2D eigenvalue weighted by Gasteiger charge is 2.50. The Morgan fingerprint density at radius 3 is 2.50 bits per heavy atom. The number of fused-ring (bicyclic) bond motifs is 5. The molecule has 10 N–H and O–H groups in total. The fraction of sp³-hybridized carbons (Fsp3) is 0.333. The number of hydrogen-bond acceptors (Lipinski definition) is 19. The topological polar surface area (TPSA) is 332 Å². The van der Waals surface area contributed by atoms with Gasteiger partial charge in [-0.3, -0.25) is 37.5 Å². The van der Waals surface area contributed by atoms with Crippen molar-refractivity contribution in [1.82, 2.24) is 39.0 Å². The Morgan fingerprint density at radius 1 is 0.979 bits per heavy atom. The predicted molar refractivity (Wildman–Crippen MR) is 160 cm³/mol. The molecule has 7 atom stereocenters. The van der Waals surface area contributed by atoms with E-state index in [4.69, 9.17) is 30.0 Å². The van der Waals surface area contributed by atoms with Crippen LogP contribution in [0.1, 0.15) is 12.5 Å². The molecule has 0 radical (unpaired) electrons. The number of ether oxygens (including phenoxy) is 2. The summed E-state index contributed by atoms with van der Waals surface area (Å²) in [6, 6.07) is -1.35. The van der Waals surface area contributed by atoms with Crippen molar-refractivity contribution in [3.8, 4) is 0 Å². The highest BCUT2D eigenvalue weighted by atomic mass is 31.2. The second-order valence-corrected chi connectivity index (χ2v) is 12.4. The Hall–Kier alpha value is -5.45. The van der Waals surface area contributed by atoms with Gasteiger partial charge in [0, 0.05) is 6.54 Å². The Morgan fingerprint density at radius 2 is 1.71 bits per heavy atom. The van der Waals surface area contributed by atoms with Gasteiger partial charge in [0.1, 0.15) is 60.5 Å². The van der Waals surface area contributed by atoms with E-state index in [1.165, 1.54) is 28.1 Å². The summed E-state index contributed by atoms with van der Waals surface area (Å²) < 4.78 is 38.2. The van der Waals surface area contributed by atoms with Crippen LogP contribution in [0.25, 0.3) is 22.3 Å². The molecule has 1 aromatic carbocycles. The number of aliphatic hydroxyl groups is 2. The Kier molecular flexibility index (Phi) is 6.56. The summed E-state index contributed by atoms with van der Waals surface area (Å²) in [5.41, 5.74) is 8.80. The molecule has 2 bridgehead atoms. The van der Waals surface area contributed by atoms with Gasteiger partial charge in [-0.05, 0) is 0 Å². The number of H-pyrrole nitrogens is 1. The van der Waals surface area contributed by atoms with Crippen LogP contribution in [0.3, 0.4) is 0 Å². The van der Waals surface area contributed by atoms with E-state index >= 15 is 0 Å². The third kappa shape index (κ3) is 4.51.